The van der Waals surface area contributed by atoms with Crippen molar-refractivity contribution < 1.29 is 23.7 Å². The molecule has 1 aromatic heterocycles. The van der Waals surface area contributed by atoms with E-state index in [2.05, 4.69) is 10.3 Å². The zero-order valence-electron chi connectivity index (χ0n) is 16.0. The fourth-order valence-electron chi connectivity index (χ4n) is 2.51. The molecule has 0 aliphatic rings. The summed E-state index contributed by atoms with van der Waals surface area (Å²) in [5.74, 6) is 1.41. The third-order valence-corrected chi connectivity index (χ3v) is 4.17. The minimum absolute atomic E-state index is 0.0990. The van der Waals surface area contributed by atoms with Crippen molar-refractivity contribution in [3.8, 4) is 23.1 Å². The second-order valence-corrected chi connectivity index (χ2v) is 5.97. The Balaban J connectivity index is 2.28. The molecule has 0 spiro atoms. The maximum absolute atomic E-state index is 12.6. The first-order valence-electron chi connectivity index (χ1n) is 8.35. The maximum Gasteiger partial charge on any atom is 0.272 e. The first-order valence-corrected chi connectivity index (χ1v) is 8.73. The van der Waals surface area contributed by atoms with Gasteiger partial charge in [0.1, 0.15) is 0 Å². The van der Waals surface area contributed by atoms with E-state index < -0.39 is 5.91 Å². The number of nitrogens with zero attached hydrogens (tertiary/aromatic N) is 1. The van der Waals surface area contributed by atoms with Crippen molar-refractivity contribution in [2.45, 2.75) is 19.9 Å². The lowest BCUT2D eigenvalue weighted by atomic mass is 10.1. The second kappa shape index (κ2) is 9.32. The van der Waals surface area contributed by atoms with Crippen LogP contribution in [0.1, 0.15) is 35.9 Å². The van der Waals surface area contributed by atoms with Crippen LogP contribution in [-0.2, 0) is 0 Å². The molecule has 2 aromatic rings. The standard InChI is InChI=1S/C19H23ClN2O5/c1-6-27-16-8-7-13(20)17(22-16)19(23)21-11(2)12-9-14(24-3)18(26-5)15(10-12)25-4/h7-11H,6H2,1-5H3,(H,21,23). The van der Waals surface area contributed by atoms with Crippen LogP contribution >= 0.6 is 11.6 Å². The highest BCUT2D eigenvalue weighted by atomic mass is 35.5. The molecular formula is C19H23ClN2O5. The van der Waals surface area contributed by atoms with Crippen LogP contribution in [0.2, 0.25) is 5.02 Å². The number of nitrogens with one attached hydrogen (secondary N) is 1. The molecule has 1 amide bonds. The van der Waals surface area contributed by atoms with Crippen molar-refractivity contribution in [2.24, 2.45) is 0 Å². The van der Waals surface area contributed by atoms with Gasteiger partial charge in [-0.25, -0.2) is 4.98 Å². The van der Waals surface area contributed by atoms with Crippen molar-refractivity contribution in [1.29, 1.82) is 0 Å². The summed E-state index contributed by atoms with van der Waals surface area (Å²) in [6.07, 6.45) is 0. The number of pyridine rings is 1. The molecule has 0 aliphatic heterocycles. The van der Waals surface area contributed by atoms with Crippen LogP contribution < -0.4 is 24.3 Å². The van der Waals surface area contributed by atoms with E-state index in [1.165, 1.54) is 21.3 Å². The van der Waals surface area contributed by atoms with Gasteiger partial charge in [0.15, 0.2) is 17.2 Å². The number of ether oxygens (including phenoxy) is 4. The lowest BCUT2D eigenvalue weighted by Gasteiger charge is -2.19. The Kier molecular flexibility index (Phi) is 7.12. The number of amides is 1. The smallest absolute Gasteiger partial charge is 0.272 e. The number of halogens is 1. The molecule has 1 atom stereocenters. The summed E-state index contributed by atoms with van der Waals surface area (Å²) < 4.78 is 21.4. The molecule has 2 rings (SSSR count). The monoisotopic (exact) mass is 394 g/mol. The van der Waals surface area contributed by atoms with E-state index in [-0.39, 0.29) is 16.8 Å². The Morgan fingerprint density at radius 2 is 1.78 bits per heavy atom. The van der Waals surface area contributed by atoms with E-state index in [0.29, 0.717) is 29.7 Å². The molecule has 1 N–H and O–H groups in total. The fraction of sp³-hybridized carbons (Fsp3) is 0.368. The predicted octanol–water partition coefficient (Wildman–Crippen LogP) is 3.65. The summed E-state index contributed by atoms with van der Waals surface area (Å²) in [5, 5.41) is 3.11. The number of hydrogen-bond donors (Lipinski definition) is 1. The number of carbonyl (C=O) groups excluding carboxylic acids is 1. The van der Waals surface area contributed by atoms with Gasteiger partial charge in [0.2, 0.25) is 11.6 Å². The van der Waals surface area contributed by atoms with Gasteiger partial charge in [0, 0.05) is 6.07 Å². The van der Waals surface area contributed by atoms with Crippen LogP contribution in [0.25, 0.3) is 0 Å². The van der Waals surface area contributed by atoms with Crippen LogP contribution in [0.4, 0.5) is 0 Å². The lowest BCUT2D eigenvalue weighted by molar-refractivity contribution is 0.0933. The number of carbonyl (C=O) groups is 1. The molecule has 146 valence electrons. The summed E-state index contributed by atoms with van der Waals surface area (Å²) in [4.78, 5) is 16.8. The summed E-state index contributed by atoms with van der Waals surface area (Å²) in [6.45, 7) is 4.11. The molecule has 1 heterocycles. The van der Waals surface area contributed by atoms with Gasteiger partial charge in [-0.2, -0.15) is 0 Å². The first-order chi connectivity index (χ1) is 12.9. The number of benzene rings is 1. The van der Waals surface area contributed by atoms with Crippen LogP contribution in [0.15, 0.2) is 24.3 Å². The van der Waals surface area contributed by atoms with Gasteiger partial charge in [0.25, 0.3) is 5.91 Å². The third kappa shape index (κ3) is 4.74. The molecule has 27 heavy (non-hydrogen) atoms. The number of rotatable bonds is 8. The number of methoxy groups -OCH3 is 3. The summed E-state index contributed by atoms with van der Waals surface area (Å²) in [6, 6.07) is 6.39. The third-order valence-electron chi connectivity index (χ3n) is 3.86. The van der Waals surface area contributed by atoms with Gasteiger partial charge >= 0.3 is 0 Å². The van der Waals surface area contributed by atoms with Crippen molar-refractivity contribution in [3.05, 3.63) is 40.5 Å². The van der Waals surface area contributed by atoms with E-state index in [4.69, 9.17) is 30.5 Å². The zero-order valence-corrected chi connectivity index (χ0v) is 16.7. The molecule has 1 aromatic carbocycles. The minimum atomic E-state index is -0.414. The van der Waals surface area contributed by atoms with Gasteiger partial charge in [-0.3, -0.25) is 4.79 Å². The summed E-state index contributed by atoms with van der Waals surface area (Å²) in [5.41, 5.74) is 0.872. The fourth-order valence-corrected chi connectivity index (χ4v) is 2.70. The molecule has 7 nitrogen and oxygen atoms in total. The second-order valence-electron chi connectivity index (χ2n) is 5.57. The quantitative estimate of drug-likeness (QED) is 0.736. The Morgan fingerprint density at radius 1 is 1.15 bits per heavy atom. The average Bonchev–Trinajstić information content (AvgIpc) is 2.68. The highest BCUT2D eigenvalue weighted by molar-refractivity contribution is 6.33. The van der Waals surface area contributed by atoms with Crippen molar-refractivity contribution >= 4 is 17.5 Å². The minimum Gasteiger partial charge on any atom is -0.493 e. The summed E-state index contributed by atoms with van der Waals surface area (Å²) >= 11 is 6.12. The molecule has 8 heteroatoms. The Hall–Kier alpha value is -2.67. The predicted molar refractivity (Wildman–Crippen MR) is 102 cm³/mol. The average molecular weight is 395 g/mol. The molecule has 0 radical (unpaired) electrons. The number of hydrogen-bond acceptors (Lipinski definition) is 6. The van der Waals surface area contributed by atoms with Crippen LogP contribution in [0, 0.1) is 0 Å². The van der Waals surface area contributed by atoms with E-state index in [0.717, 1.165) is 5.56 Å². The van der Waals surface area contributed by atoms with Gasteiger partial charge in [-0.15, -0.1) is 0 Å². The molecule has 0 fully saturated rings. The van der Waals surface area contributed by atoms with Gasteiger partial charge < -0.3 is 24.3 Å². The molecule has 0 saturated carbocycles. The Bertz CT molecular complexity index is 788. The van der Waals surface area contributed by atoms with E-state index >= 15 is 0 Å². The van der Waals surface area contributed by atoms with Crippen molar-refractivity contribution in [1.82, 2.24) is 10.3 Å². The molecule has 0 bridgehead atoms. The van der Waals surface area contributed by atoms with Gasteiger partial charge in [-0.05, 0) is 37.6 Å². The van der Waals surface area contributed by atoms with E-state index in [1.807, 2.05) is 13.8 Å². The van der Waals surface area contributed by atoms with Gasteiger partial charge in [0.05, 0.1) is 39.0 Å². The molecule has 0 saturated heterocycles. The van der Waals surface area contributed by atoms with Crippen LogP contribution in [0.5, 0.6) is 23.1 Å². The Labute approximate surface area is 163 Å². The lowest BCUT2D eigenvalue weighted by Crippen LogP contribution is -2.28. The molecule has 1 unspecified atom stereocenters. The van der Waals surface area contributed by atoms with Crippen LogP contribution in [-0.4, -0.2) is 38.8 Å². The van der Waals surface area contributed by atoms with Crippen molar-refractivity contribution in [2.75, 3.05) is 27.9 Å². The van der Waals surface area contributed by atoms with E-state index in [9.17, 15) is 4.79 Å². The molecule has 0 aliphatic carbocycles. The normalized spacial score (nSPS) is 11.5. The van der Waals surface area contributed by atoms with Crippen molar-refractivity contribution in [3.63, 3.8) is 0 Å². The first kappa shape index (κ1) is 20.6. The maximum atomic E-state index is 12.6. The highest BCUT2D eigenvalue weighted by Crippen LogP contribution is 2.39. The van der Waals surface area contributed by atoms with Crippen LogP contribution in [0.3, 0.4) is 0 Å². The highest BCUT2D eigenvalue weighted by Gasteiger charge is 2.20. The summed E-state index contributed by atoms with van der Waals surface area (Å²) in [7, 11) is 4.60. The topological polar surface area (TPSA) is 78.9 Å². The molecular weight excluding hydrogens is 372 g/mol. The Morgan fingerprint density at radius 3 is 2.30 bits per heavy atom. The number of aromatic nitrogens is 1. The SMILES string of the molecule is CCOc1ccc(Cl)c(C(=O)NC(C)c2cc(OC)c(OC)c(OC)c2)n1. The zero-order chi connectivity index (χ0) is 20.0. The largest absolute Gasteiger partial charge is 0.493 e. The van der Waals surface area contributed by atoms with E-state index in [1.54, 1.807) is 24.3 Å². The van der Waals surface area contributed by atoms with Gasteiger partial charge in [-0.1, -0.05) is 11.6 Å².